The van der Waals surface area contributed by atoms with Crippen LogP contribution in [0.4, 0.5) is 10.5 Å². The Balaban J connectivity index is 2.68. The molecule has 0 aliphatic carbocycles. The van der Waals surface area contributed by atoms with Gasteiger partial charge in [-0.05, 0) is 38.3 Å². The predicted octanol–water partition coefficient (Wildman–Crippen LogP) is 2.32. The first-order valence-electron chi connectivity index (χ1n) is 6.54. The van der Waals surface area contributed by atoms with Crippen LogP contribution in [0.1, 0.15) is 31.7 Å². The van der Waals surface area contributed by atoms with E-state index >= 15 is 0 Å². The normalized spacial score (nSPS) is 12.1. The smallest absolute Gasteiger partial charge is 0.326 e. The lowest BCUT2D eigenvalue weighted by atomic mass is 10.0. The standard InChI is InChI=1S/C14H21N3O3/c1-8(2)7-12(13(18)19)17-14(20)16-11-6-5-9(3)15-10(11)4/h5-6,8,12H,7H2,1-4H3,(H,18,19)(H2,16,17,20)/t12-/m1/s1. The number of nitrogens with one attached hydrogen (secondary N) is 2. The van der Waals surface area contributed by atoms with Crippen molar-refractivity contribution >= 4 is 17.7 Å². The third-order valence-electron chi connectivity index (χ3n) is 2.78. The van der Waals surface area contributed by atoms with Gasteiger partial charge in [-0.1, -0.05) is 13.8 Å². The van der Waals surface area contributed by atoms with E-state index in [1.165, 1.54) is 0 Å². The number of aryl methyl sites for hydroxylation is 2. The molecule has 1 heterocycles. The molecule has 0 fully saturated rings. The minimum absolute atomic E-state index is 0.180. The second-order valence-electron chi connectivity index (χ2n) is 5.20. The topological polar surface area (TPSA) is 91.3 Å². The van der Waals surface area contributed by atoms with Crippen molar-refractivity contribution in [1.82, 2.24) is 10.3 Å². The Labute approximate surface area is 118 Å². The zero-order valence-corrected chi connectivity index (χ0v) is 12.2. The minimum Gasteiger partial charge on any atom is -0.480 e. The SMILES string of the molecule is Cc1ccc(NC(=O)N[C@H](CC(C)C)C(=O)O)c(C)n1. The monoisotopic (exact) mass is 279 g/mol. The van der Waals surface area contributed by atoms with E-state index in [1.807, 2.05) is 20.8 Å². The van der Waals surface area contributed by atoms with Gasteiger partial charge in [0, 0.05) is 5.69 Å². The molecular weight excluding hydrogens is 258 g/mol. The molecule has 0 radical (unpaired) electrons. The number of pyridine rings is 1. The third-order valence-corrected chi connectivity index (χ3v) is 2.78. The second kappa shape index (κ2) is 6.88. The maximum absolute atomic E-state index is 11.8. The quantitative estimate of drug-likeness (QED) is 0.771. The van der Waals surface area contributed by atoms with Gasteiger partial charge in [-0.25, -0.2) is 9.59 Å². The summed E-state index contributed by atoms with van der Waals surface area (Å²) >= 11 is 0. The van der Waals surface area contributed by atoms with E-state index in [9.17, 15) is 9.59 Å². The summed E-state index contributed by atoms with van der Waals surface area (Å²) in [5.41, 5.74) is 2.12. The fourth-order valence-corrected chi connectivity index (χ4v) is 1.83. The molecule has 3 N–H and O–H groups in total. The van der Waals surface area contributed by atoms with E-state index in [4.69, 9.17) is 5.11 Å². The Morgan fingerprint density at radius 1 is 1.30 bits per heavy atom. The molecule has 1 rings (SSSR count). The number of carboxylic acids is 1. The molecule has 20 heavy (non-hydrogen) atoms. The molecule has 6 heteroatoms. The van der Waals surface area contributed by atoms with Gasteiger partial charge < -0.3 is 15.7 Å². The summed E-state index contributed by atoms with van der Waals surface area (Å²) in [7, 11) is 0. The maximum Gasteiger partial charge on any atom is 0.326 e. The molecule has 110 valence electrons. The van der Waals surface area contributed by atoms with Gasteiger partial charge in [0.1, 0.15) is 6.04 Å². The van der Waals surface area contributed by atoms with Crippen LogP contribution in [-0.2, 0) is 4.79 Å². The molecule has 1 atom stereocenters. The van der Waals surface area contributed by atoms with Gasteiger partial charge in [-0.3, -0.25) is 4.98 Å². The summed E-state index contributed by atoms with van der Waals surface area (Å²) in [6, 6.07) is 2.10. The molecule has 0 spiro atoms. The van der Waals surface area contributed by atoms with Crippen LogP contribution in [0.5, 0.6) is 0 Å². The average molecular weight is 279 g/mol. The van der Waals surface area contributed by atoms with Gasteiger partial charge in [0.2, 0.25) is 0 Å². The number of nitrogens with zero attached hydrogens (tertiary/aromatic N) is 1. The number of carboxylic acid groups (broad SMARTS) is 1. The van der Waals surface area contributed by atoms with Crippen molar-refractivity contribution < 1.29 is 14.7 Å². The number of aliphatic carboxylic acids is 1. The Morgan fingerprint density at radius 2 is 1.95 bits per heavy atom. The predicted molar refractivity (Wildman–Crippen MR) is 76.7 cm³/mol. The number of hydrogen-bond donors (Lipinski definition) is 3. The summed E-state index contributed by atoms with van der Waals surface area (Å²) in [5.74, 6) is -0.855. The van der Waals surface area contributed by atoms with Crippen molar-refractivity contribution in [2.45, 2.75) is 40.2 Å². The molecule has 0 saturated carbocycles. The first-order valence-corrected chi connectivity index (χ1v) is 6.54. The van der Waals surface area contributed by atoms with E-state index in [1.54, 1.807) is 19.1 Å². The molecule has 0 unspecified atom stereocenters. The summed E-state index contributed by atoms with van der Waals surface area (Å²) in [6.45, 7) is 7.46. The summed E-state index contributed by atoms with van der Waals surface area (Å²) in [6.07, 6.45) is 0.383. The molecule has 0 aromatic carbocycles. The lowest BCUT2D eigenvalue weighted by Crippen LogP contribution is -2.43. The molecule has 0 bridgehead atoms. The van der Waals surface area contributed by atoms with Crippen LogP contribution < -0.4 is 10.6 Å². The highest BCUT2D eigenvalue weighted by atomic mass is 16.4. The average Bonchev–Trinajstić information content (AvgIpc) is 2.31. The van der Waals surface area contributed by atoms with Gasteiger partial charge in [0.15, 0.2) is 0 Å². The van der Waals surface area contributed by atoms with Gasteiger partial charge in [-0.2, -0.15) is 0 Å². The van der Waals surface area contributed by atoms with Gasteiger partial charge in [-0.15, -0.1) is 0 Å². The van der Waals surface area contributed by atoms with E-state index in [0.717, 1.165) is 5.69 Å². The van der Waals surface area contributed by atoms with Crippen molar-refractivity contribution in [3.63, 3.8) is 0 Å². The molecule has 0 aliphatic rings. The lowest BCUT2D eigenvalue weighted by Gasteiger charge is -2.17. The number of amides is 2. The van der Waals surface area contributed by atoms with Crippen LogP contribution in [0.15, 0.2) is 12.1 Å². The van der Waals surface area contributed by atoms with E-state index in [0.29, 0.717) is 17.8 Å². The Hall–Kier alpha value is -2.11. The fourth-order valence-electron chi connectivity index (χ4n) is 1.83. The summed E-state index contributed by atoms with van der Waals surface area (Å²) < 4.78 is 0. The van der Waals surface area contributed by atoms with Crippen LogP contribution in [0.3, 0.4) is 0 Å². The van der Waals surface area contributed by atoms with Crippen LogP contribution in [0.2, 0.25) is 0 Å². The van der Waals surface area contributed by atoms with Crippen LogP contribution in [0, 0.1) is 19.8 Å². The van der Waals surface area contributed by atoms with Gasteiger partial charge >= 0.3 is 12.0 Å². The lowest BCUT2D eigenvalue weighted by molar-refractivity contribution is -0.139. The number of carbonyl (C=O) groups excluding carboxylic acids is 1. The Kier molecular flexibility index (Phi) is 5.49. The molecule has 0 saturated heterocycles. The molecule has 2 amide bonds. The number of urea groups is 1. The molecule has 6 nitrogen and oxygen atoms in total. The zero-order chi connectivity index (χ0) is 15.3. The molecule has 1 aromatic heterocycles. The molecular formula is C14H21N3O3. The highest BCUT2D eigenvalue weighted by molar-refractivity contribution is 5.92. The summed E-state index contributed by atoms with van der Waals surface area (Å²) in [4.78, 5) is 27.1. The van der Waals surface area contributed by atoms with Crippen molar-refractivity contribution in [3.8, 4) is 0 Å². The highest BCUT2D eigenvalue weighted by Crippen LogP contribution is 2.12. The Morgan fingerprint density at radius 3 is 2.45 bits per heavy atom. The number of carbonyl (C=O) groups is 2. The number of aromatic nitrogens is 1. The maximum atomic E-state index is 11.8. The van der Waals surface area contributed by atoms with Crippen LogP contribution in [-0.4, -0.2) is 28.1 Å². The zero-order valence-electron chi connectivity index (χ0n) is 12.2. The molecule has 1 aromatic rings. The van der Waals surface area contributed by atoms with E-state index in [2.05, 4.69) is 15.6 Å². The fraction of sp³-hybridized carbons (Fsp3) is 0.500. The first kappa shape index (κ1) is 15.9. The van der Waals surface area contributed by atoms with Gasteiger partial charge in [0.25, 0.3) is 0 Å². The number of rotatable bonds is 5. The van der Waals surface area contributed by atoms with Gasteiger partial charge in [0.05, 0.1) is 11.4 Å². The third kappa shape index (κ3) is 4.87. The number of hydrogen-bond acceptors (Lipinski definition) is 3. The second-order valence-corrected chi connectivity index (χ2v) is 5.20. The number of anilines is 1. The van der Waals surface area contributed by atoms with E-state index in [-0.39, 0.29) is 5.92 Å². The van der Waals surface area contributed by atoms with Crippen molar-refractivity contribution in [2.75, 3.05) is 5.32 Å². The van der Waals surface area contributed by atoms with Crippen molar-refractivity contribution in [3.05, 3.63) is 23.5 Å². The van der Waals surface area contributed by atoms with E-state index < -0.39 is 18.0 Å². The van der Waals surface area contributed by atoms with Crippen LogP contribution >= 0.6 is 0 Å². The highest BCUT2D eigenvalue weighted by Gasteiger charge is 2.21. The molecule has 0 aliphatic heterocycles. The minimum atomic E-state index is -1.03. The summed E-state index contributed by atoms with van der Waals surface area (Å²) in [5, 5.41) is 14.2. The Bertz CT molecular complexity index is 500. The van der Waals surface area contributed by atoms with Crippen LogP contribution in [0.25, 0.3) is 0 Å². The van der Waals surface area contributed by atoms with Crippen molar-refractivity contribution in [1.29, 1.82) is 0 Å². The first-order chi connectivity index (χ1) is 9.29. The van der Waals surface area contributed by atoms with Crippen molar-refractivity contribution in [2.24, 2.45) is 5.92 Å². The largest absolute Gasteiger partial charge is 0.480 e.